The van der Waals surface area contributed by atoms with Crippen LogP contribution in [0.5, 0.6) is 0 Å². The van der Waals surface area contributed by atoms with E-state index in [0.717, 1.165) is 53.7 Å². The molecule has 0 spiro atoms. The molecule has 2 aromatic heterocycles. The SMILES string of the molecule is COC(=O)c1cnc(N2CCN(c3nnc(-c4ccc(F)cc4)c(C)c3C)C[C@H]2C)cn1. The smallest absolute Gasteiger partial charge is 0.358 e. The van der Waals surface area contributed by atoms with Crippen LogP contribution < -0.4 is 9.80 Å². The molecule has 0 unspecified atom stereocenters. The molecular weight excluding hydrogens is 411 g/mol. The summed E-state index contributed by atoms with van der Waals surface area (Å²) in [4.78, 5) is 24.5. The first-order chi connectivity index (χ1) is 15.4. The fraction of sp³-hybridized carbons (Fsp3) is 0.348. The number of rotatable bonds is 4. The van der Waals surface area contributed by atoms with Crippen molar-refractivity contribution in [3.8, 4) is 11.3 Å². The van der Waals surface area contributed by atoms with Crippen LogP contribution in [0, 0.1) is 19.7 Å². The highest BCUT2D eigenvalue weighted by molar-refractivity contribution is 5.86. The number of aromatic nitrogens is 4. The minimum atomic E-state index is -0.504. The number of benzene rings is 1. The van der Waals surface area contributed by atoms with Crippen LogP contribution in [-0.4, -0.2) is 58.9 Å². The molecule has 0 bridgehead atoms. The lowest BCUT2D eigenvalue weighted by molar-refractivity contribution is 0.0593. The van der Waals surface area contributed by atoms with Gasteiger partial charge in [-0.3, -0.25) is 0 Å². The number of ether oxygens (including phenoxy) is 1. The zero-order chi connectivity index (χ0) is 22.8. The summed E-state index contributed by atoms with van der Waals surface area (Å²) in [5, 5.41) is 8.98. The molecule has 1 saturated heterocycles. The summed E-state index contributed by atoms with van der Waals surface area (Å²) in [7, 11) is 1.32. The van der Waals surface area contributed by atoms with Crippen molar-refractivity contribution in [2.24, 2.45) is 0 Å². The van der Waals surface area contributed by atoms with Crippen molar-refractivity contribution < 1.29 is 13.9 Å². The van der Waals surface area contributed by atoms with E-state index in [1.165, 1.54) is 25.4 Å². The van der Waals surface area contributed by atoms with E-state index in [4.69, 9.17) is 0 Å². The number of piperazine rings is 1. The summed E-state index contributed by atoms with van der Waals surface area (Å²) in [5.74, 6) is 0.794. The quantitative estimate of drug-likeness (QED) is 0.577. The van der Waals surface area contributed by atoms with Crippen LogP contribution in [0.1, 0.15) is 28.5 Å². The highest BCUT2D eigenvalue weighted by Gasteiger charge is 2.28. The lowest BCUT2D eigenvalue weighted by atomic mass is 10.0. The van der Waals surface area contributed by atoms with Gasteiger partial charge in [0.05, 0.1) is 25.2 Å². The second kappa shape index (κ2) is 8.86. The predicted molar refractivity (Wildman–Crippen MR) is 119 cm³/mol. The van der Waals surface area contributed by atoms with Gasteiger partial charge in [-0.05, 0) is 56.2 Å². The summed E-state index contributed by atoms with van der Waals surface area (Å²) >= 11 is 0. The number of halogens is 1. The Morgan fingerprint density at radius 2 is 1.81 bits per heavy atom. The van der Waals surface area contributed by atoms with Crippen molar-refractivity contribution in [3.05, 3.63) is 59.3 Å². The first kappa shape index (κ1) is 21.6. The lowest BCUT2D eigenvalue weighted by Gasteiger charge is -2.41. The Balaban J connectivity index is 1.51. The number of hydrogen-bond donors (Lipinski definition) is 0. The highest BCUT2D eigenvalue weighted by atomic mass is 19.1. The molecule has 1 aliphatic heterocycles. The van der Waals surface area contributed by atoms with E-state index in [1.807, 2.05) is 13.8 Å². The number of anilines is 2. The van der Waals surface area contributed by atoms with E-state index < -0.39 is 5.97 Å². The molecule has 0 N–H and O–H groups in total. The average Bonchev–Trinajstić information content (AvgIpc) is 2.81. The first-order valence-electron chi connectivity index (χ1n) is 10.4. The van der Waals surface area contributed by atoms with Crippen LogP contribution in [0.15, 0.2) is 36.7 Å². The highest BCUT2D eigenvalue weighted by Crippen LogP contribution is 2.29. The lowest BCUT2D eigenvalue weighted by Crippen LogP contribution is -2.53. The van der Waals surface area contributed by atoms with E-state index in [2.05, 4.69) is 41.6 Å². The van der Waals surface area contributed by atoms with E-state index >= 15 is 0 Å². The number of carbonyl (C=O) groups excluding carboxylic acids is 1. The van der Waals surface area contributed by atoms with Crippen molar-refractivity contribution in [3.63, 3.8) is 0 Å². The van der Waals surface area contributed by atoms with Gasteiger partial charge >= 0.3 is 5.97 Å². The molecule has 166 valence electrons. The molecule has 1 aliphatic rings. The summed E-state index contributed by atoms with van der Waals surface area (Å²) in [6.07, 6.45) is 3.04. The first-order valence-corrected chi connectivity index (χ1v) is 10.4. The molecular formula is C23H25FN6O2. The molecule has 0 radical (unpaired) electrons. The third kappa shape index (κ3) is 4.10. The van der Waals surface area contributed by atoms with Gasteiger partial charge in [0.25, 0.3) is 0 Å². The standard InChI is InChI=1S/C23H25FN6O2/c1-14-13-29(9-10-30(14)20-12-25-19(11-26-20)23(31)32-4)22-16(3)15(2)21(27-28-22)17-5-7-18(24)8-6-17/h5-8,11-12,14H,9-10,13H2,1-4H3/t14-/m1/s1. The van der Waals surface area contributed by atoms with Gasteiger partial charge in [0.1, 0.15) is 11.6 Å². The minimum absolute atomic E-state index is 0.153. The van der Waals surface area contributed by atoms with Crippen molar-refractivity contribution in [1.29, 1.82) is 0 Å². The van der Waals surface area contributed by atoms with Gasteiger partial charge < -0.3 is 14.5 Å². The fourth-order valence-electron chi connectivity index (χ4n) is 3.94. The van der Waals surface area contributed by atoms with Gasteiger partial charge in [0.2, 0.25) is 0 Å². The predicted octanol–water partition coefficient (Wildman–Crippen LogP) is 3.19. The Hall–Kier alpha value is -3.62. The third-order valence-electron chi connectivity index (χ3n) is 5.87. The maximum absolute atomic E-state index is 13.3. The molecule has 4 rings (SSSR count). The molecule has 3 aromatic rings. The van der Waals surface area contributed by atoms with Crippen LogP contribution in [0.4, 0.5) is 16.0 Å². The Kier molecular flexibility index (Phi) is 5.98. The monoisotopic (exact) mass is 436 g/mol. The number of carbonyl (C=O) groups is 1. The molecule has 32 heavy (non-hydrogen) atoms. The average molecular weight is 436 g/mol. The summed E-state index contributed by atoms with van der Waals surface area (Å²) in [6.45, 7) is 8.39. The van der Waals surface area contributed by atoms with Crippen LogP contribution in [0.3, 0.4) is 0 Å². The maximum atomic E-state index is 13.3. The minimum Gasteiger partial charge on any atom is -0.464 e. The van der Waals surface area contributed by atoms with Crippen molar-refractivity contribution in [2.75, 3.05) is 36.5 Å². The molecule has 9 heteroatoms. The molecule has 3 heterocycles. The normalized spacial score (nSPS) is 16.2. The Morgan fingerprint density at radius 1 is 1.06 bits per heavy atom. The molecule has 0 amide bonds. The molecule has 8 nitrogen and oxygen atoms in total. The van der Waals surface area contributed by atoms with Crippen molar-refractivity contribution in [2.45, 2.75) is 26.8 Å². The zero-order valence-electron chi connectivity index (χ0n) is 18.5. The fourth-order valence-corrected chi connectivity index (χ4v) is 3.94. The summed E-state index contributed by atoms with van der Waals surface area (Å²) in [6, 6.07) is 6.46. The number of esters is 1. The number of methoxy groups -OCH3 is 1. The van der Waals surface area contributed by atoms with Crippen LogP contribution >= 0.6 is 0 Å². The van der Waals surface area contributed by atoms with Gasteiger partial charge in [-0.2, -0.15) is 0 Å². The van der Waals surface area contributed by atoms with Gasteiger partial charge in [0, 0.05) is 31.2 Å². The van der Waals surface area contributed by atoms with E-state index in [1.54, 1.807) is 18.3 Å². The second-order valence-corrected chi connectivity index (χ2v) is 7.87. The van der Waals surface area contributed by atoms with Gasteiger partial charge in [-0.25, -0.2) is 19.2 Å². The molecule has 1 aromatic carbocycles. The van der Waals surface area contributed by atoms with Crippen LogP contribution in [0.2, 0.25) is 0 Å². The van der Waals surface area contributed by atoms with E-state index in [9.17, 15) is 9.18 Å². The summed E-state index contributed by atoms with van der Waals surface area (Å²) in [5.41, 5.74) is 3.88. The van der Waals surface area contributed by atoms with Crippen molar-refractivity contribution in [1.82, 2.24) is 20.2 Å². The van der Waals surface area contributed by atoms with Gasteiger partial charge in [0.15, 0.2) is 11.5 Å². The molecule has 1 atom stereocenters. The Labute approximate surface area is 186 Å². The molecule has 0 saturated carbocycles. The van der Waals surface area contributed by atoms with Crippen LogP contribution in [-0.2, 0) is 4.74 Å². The van der Waals surface area contributed by atoms with Gasteiger partial charge in [-0.1, -0.05) is 0 Å². The number of hydrogen-bond acceptors (Lipinski definition) is 8. The summed E-state index contributed by atoms with van der Waals surface area (Å²) < 4.78 is 18.0. The molecule has 1 fully saturated rings. The Bertz CT molecular complexity index is 1120. The maximum Gasteiger partial charge on any atom is 0.358 e. The second-order valence-electron chi connectivity index (χ2n) is 7.87. The topological polar surface area (TPSA) is 84.3 Å². The zero-order valence-corrected chi connectivity index (χ0v) is 18.5. The van der Waals surface area contributed by atoms with Crippen LogP contribution in [0.25, 0.3) is 11.3 Å². The number of nitrogens with zero attached hydrogens (tertiary/aromatic N) is 6. The Morgan fingerprint density at radius 3 is 2.44 bits per heavy atom. The third-order valence-corrected chi connectivity index (χ3v) is 5.87. The largest absolute Gasteiger partial charge is 0.464 e. The van der Waals surface area contributed by atoms with E-state index in [-0.39, 0.29) is 17.6 Å². The van der Waals surface area contributed by atoms with E-state index in [0.29, 0.717) is 0 Å². The van der Waals surface area contributed by atoms with Crippen molar-refractivity contribution >= 4 is 17.6 Å². The molecule has 0 aliphatic carbocycles. The van der Waals surface area contributed by atoms with Gasteiger partial charge in [-0.15, -0.1) is 10.2 Å².